The molecule has 2 amide bonds. The van der Waals surface area contributed by atoms with Crippen LogP contribution in [-0.2, 0) is 17.8 Å². The van der Waals surface area contributed by atoms with Gasteiger partial charge in [-0.15, -0.1) is 11.3 Å². The van der Waals surface area contributed by atoms with E-state index >= 15 is 0 Å². The lowest BCUT2D eigenvalue weighted by molar-refractivity contribution is -0.117. The lowest BCUT2D eigenvalue weighted by Gasteiger charge is -2.26. The van der Waals surface area contributed by atoms with Crippen LogP contribution in [0.4, 0.5) is 5.69 Å². The van der Waals surface area contributed by atoms with Crippen molar-refractivity contribution in [1.82, 2.24) is 4.90 Å². The van der Waals surface area contributed by atoms with Crippen molar-refractivity contribution in [3.63, 3.8) is 0 Å². The molecule has 0 bridgehead atoms. The number of benzene rings is 1. The first-order chi connectivity index (χ1) is 12.5. The summed E-state index contributed by atoms with van der Waals surface area (Å²) in [6.45, 7) is 1.82. The second-order valence-corrected chi connectivity index (χ2v) is 7.00. The van der Waals surface area contributed by atoms with Crippen LogP contribution in [0.5, 0.6) is 11.5 Å². The van der Waals surface area contributed by atoms with Crippen LogP contribution in [0.2, 0.25) is 0 Å². The SMILES string of the molecule is COc1cc(NC(=O)CN2CCc3sccc3C2)c(C(N)=O)cc1OC. The van der Waals surface area contributed by atoms with Crippen molar-refractivity contribution in [2.24, 2.45) is 5.73 Å². The summed E-state index contributed by atoms with van der Waals surface area (Å²) in [7, 11) is 2.95. The van der Waals surface area contributed by atoms with E-state index < -0.39 is 5.91 Å². The van der Waals surface area contributed by atoms with E-state index in [0.717, 1.165) is 19.5 Å². The minimum absolute atomic E-state index is 0.176. The van der Waals surface area contributed by atoms with Gasteiger partial charge in [-0.2, -0.15) is 0 Å². The summed E-state index contributed by atoms with van der Waals surface area (Å²) in [4.78, 5) is 27.7. The third-order valence-electron chi connectivity index (χ3n) is 4.32. The van der Waals surface area contributed by atoms with Crippen molar-refractivity contribution >= 4 is 28.8 Å². The number of methoxy groups -OCH3 is 2. The fourth-order valence-electron chi connectivity index (χ4n) is 3.02. The van der Waals surface area contributed by atoms with E-state index in [1.807, 2.05) is 0 Å². The molecule has 1 aliphatic heterocycles. The molecule has 26 heavy (non-hydrogen) atoms. The van der Waals surface area contributed by atoms with Gasteiger partial charge in [0, 0.05) is 24.0 Å². The maximum atomic E-state index is 12.5. The largest absolute Gasteiger partial charge is 0.493 e. The van der Waals surface area contributed by atoms with Gasteiger partial charge in [0.05, 0.1) is 32.0 Å². The van der Waals surface area contributed by atoms with E-state index in [-0.39, 0.29) is 18.0 Å². The van der Waals surface area contributed by atoms with Gasteiger partial charge in [0.1, 0.15) is 0 Å². The molecule has 2 heterocycles. The maximum absolute atomic E-state index is 12.5. The third kappa shape index (κ3) is 3.81. The Morgan fingerprint density at radius 1 is 1.27 bits per heavy atom. The van der Waals surface area contributed by atoms with E-state index in [1.165, 1.54) is 30.7 Å². The molecule has 1 aromatic heterocycles. The number of rotatable bonds is 6. The molecule has 1 aliphatic rings. The predicted octanol–water partition coefficient (Wildman–Crippen LogP) is 1.86. The number of nitrogens with zero attached hydrogens (tertiary/aromatic N) is 1. The highest BCUT2D eigenvalue weighted by molar-refractivity contribution is 7.10. The van der Waals surface area contributed by atoms with E-state index in [4.69, 9.17) is 15.2 Å². The molecular formula is C18H21N3O4S. The molecule has 138 valence electrons. The molecular weight excluding hydrogens is 354 g/mol. The summed E-state index contributed by atoms with van der Waals surface area (Å²) < 4.78 is 10.4. The minimum Gasteiger partial charge on any atom is -0.493 e. The predicted molar refractivity (Wildman–Crippen MR) is 100.0 cm³/mol. The summed E-state index contributed by atoms with van der Waals surface area (Å²) in [5.41, 5.74) is 7.20. The van der Waals surface area contributed by atoms with Crippen LogP contribution in [0, 0.1) is 0 Å². The van der Waals surface area contributed by atoms with Crippen molar-refractivity contribution in [2.45, 2.75) is 13.0 Å². The number of carbonyl (C=O) groups excluding carboxylic acids is 2. The Balaban J connectivity index is 1.73. The first kappa shape index (κ1) is 18.2. The number of ether oxygens (including phenoxy) is 2. The van der Waals surface area contributed by atoms with Crippen molar-refractivity contribution in [2.75, 3.05) is 32.6 Å². The third-order valence-corrected chi connectivity index (χ3v) is 5.34. The lowest BCUT2D eigenvalue weighted by atomic mass is 10.1. The Kier molecular flexibility index (Phi) is 5.43. The van der Waals surface area contributed by atoms with Crippen LogP contribution >= 0.6 is 11.3 Å². The molecule has 1 aromatic carbocycles. The quantitative estimate of drug-likeness (QED) is 0.804. The molecule has 0 saturated heterocycles. The van der Waals surface area contributed by atoms with Crippen molar-refractivity contribution < 1.29 is 19.1 Å². The van der Waals surface area contributed by atoms with Crippen LogP contribution in [0.1, 0.15) is 20.8 Å². The van der Waals surface area contributed by atoms with E-state index in [9.17, 15) is 9.59 Å². The summed E-state index contributed by atoms with van der Waals surface area (Å²) in [6.07, 6.45) is 0.948. The van der Waals surface area contributed by atoms with Gasteiger partial charge < -0.3 is 20.5 Å². The lowest BCUT2D eigenvalue weighted by Crippen LogP contribution is -2.36. The second-order valence-electron chi connectivity index (χ2n) is 5.99. The Labute approximate surface area is 155 Å². The number of thiophene rings is 1. The fraction of sp³-hybridized carbons (Fsp3) is 0.333. The average molecular weight is 375 g/mol. The number of carbonyl (C=O) groups is 2. The molecule has 0 saturated carbocycles. The van der Waals surface area contributed by atoms with E-state index in [1.54, 1.807) is 17.4 Å². The molecule has 8 heteroatoms. The maximum Gasteiger partial charge on any atom is 0.250 e. The molecule has 0 spiro atoms. The number of anilines is 1. The number of hydrogen-bond donors (Lipinski definition) is 2. The van der Waals surface area contributed by atoms with Gasteiger partial charge in [0.25, 0.3) is 5.91 Å². The number of nitrogens with two attached hydrogens (primary N) is 1. The molecule has 0 atom stereocenters. The van der Waals surface area contributed by atoms with Crippen molar-refractivity contribution in [1.29, 1.82) is 0 Å². The highest BCUT2D eigenvalue weighted by Gasteiger charge is 2.21. The first-order valence-electron chi connectivity index (χ1n) is 8.15. The standard InChI is InChI=1S/C18H21N3O4S/c1-24-14-7-12(18(19)23)13(8-15(14)25-2)20-17(22)10-21-5-3-16-11(9-21)4-6-26-16/h4,6-8H,3,5,9-10H2,1-2H3,(H2,19,23)(H,20,22). The van der Waals surface area contributed by atoms with Gasteiger partial charge >= 0.3 is 0 Å². The summed E-state index contributed by atoms with van der Waals surface area (Å²) >= 11 is 1.76. The molecule has 3 rings (SSSR count). The van der Waals surface area contributed by atoms with E-state index in [2.05, 4.69) is 21.7 Å². The van der Waals surface area contributed by atoms with Crippen molar-refractivity contribution in [3.05, 3.63) is 39.6 Å². The van der Waals surface area contributed by atoms with Crippen LogP contribution in [-0.4, -0.2) is 44.0 Å². The number of nitrogens with one attached hydrogen (secondary N) is 1. The van der Waals surface area contributed by atoms with Gasteiger partial charge in [-0.25, -0.2) is 0 Å². The Morgan fingerprint density at radius 2 is 2.00 bits per heavy atom. The highest BCUT2D eigenvalue weighted by atomic mass is 32.1. The number of fused-ring (bicyclic) bond motifs is 1. The topological polar surface area (TPSA) is 93.9 Å². The Hall–Kier alpha value is -2.58. The molecule has 0 fully saturated rings. The normalized spacial score (nSPS) is 13.8. The highest BCUT2D eigenvalue weighted by Crippen LogP contribution is 2.33. The summed E-state index contributed by atoms with van der Waals surface area (Å²) in [5.74, 6) is -0.0745. The number of amides is 2. The zero-order chi connectivity index (χ0) is 18.7. The van der Waals surface area contributed by atoms with Crippen LogP contribution in [0.3, 0.4) is 0 Å². The smallest absolute Gasteiger partial charge is 0.250 e. The molecule has 0 aliphatic carbocycles. The molecule has 0 radical (unpaired) electrons. The second kappa shape index (κ2) is 7.76. The molecule has 2 aromatic rings. The van der Waals surface area contributed by atoms with E-state index in [0.29, 0.717) is 17.2 Å². The Bertz CT molecular complexity index is 834. The van der Waals surface area contributed by atoms with Gasteiger partial charge in [-0.05, 0) is 29.5 Å². The summed E-state index contributed by atoms with van der Waals surface area (Å²) in [6, 6.07) is 5.11. The number of primary amides is 1. The van der Waals surface area contributed by atoms with Crippen LogP contribution < -0.4 is 20.5 Å². The Morgan fingerprint density at radius 3 is 2.69 bits per heavy atom. The van der Waals surface area contributed by atoms with Gasteiger partial charge in [-0.1, -0.05) is 0 Å². The zero-order valence-corrected chi connectivity index (χ0v) is 15.5. The van der Waals surface area contributed by atoms with Gasteiger partial charge in [-0.3, -0.25) is 14.5 Å². The number of hydrogen-bond acceptors (Lipinski definition) is 6. The van der Waals surface area contributed by atoms with Gasteiger partial charge in [0.2, 0.25) is 5.91 Å². The van der Waals surface area contributed by atoms with Crippen molar-refractivity contribution in [3.8, 4) is 11.5 Å². The first-order valence-corrected chi connectivity index (χ1v) is 9.03. The molecule has 7 nitrogen and oxygen atoms in total. The van der Waals surface area contributed by atoms with Gasteiger partial charge in [0.15, 0.2) is 11.5 Å². The fourth-order valence-corrected chi connectivity index (χ4v) is 3.91. The monoisotopic (exact) mass is 375 g/mol. The average Bonchev–Trinajstić information content (AvgIpc) is 3.08. The summed E-state index contributed by atoms with van der Waals surface area (Å²) in [5, 5.41) is 4.85. The van der Waals surface area contributed by atoms with Crippen LogP contribution in [0.25, 0.3) is 0 Å². The zero-order valence-electron chi connectivity index (χ0n) is 14.7. The van der Waals surface area contributed by atoms with Crippen LogP contribution in [0.15, 0.2) is 23.6 Å². The minimum atomic E-state index is -0.651. The molecule has 3 N–H and O–H groups in total. The molecule has 0 unspecified atom stereocenters.